The molecule has 6 nitrogen and oxygen atoms in total. The van der Waals surface area contributed by atoms with Crippen LogP contribution in [0.4, 0.5) is 5.95 Å². The summed E-state index contributed by atoms with van der Waals surface area (Å²) in [5.74, 6) is 1.11. The van der Waals surface area contributed by atoms with Crippen molar-refractivity contribution in [3.8, 4) is 5.88 Å². The highest BCUT2D eigenvalue weighted by Gasteiger charge is 2.34. The quantitative estimate of drug-likeness (QED) is 0.845. The van der Waals surface area contributed by atoms with E-state index in [1.807, 2.05) is 6.92 Å². The van der Waals surface area contributed by atoms with Crippen molar-refractivity contribution in [1.29, 1.82) is 0 Å². The Morgan fingerprint density at radius 1 is 1.44 bits per heavy atom. The van der Waals surface area contributed by atoms with E-state index in [1.165, 1.54) is 0 Å². The van der Waals surface area contributed by atoms with E-state index in [0.717, 1.165) is 18.7 Å². The molecule has 1 aromatic heterocycles. The van der Waals surface area contributed by atoms with E-state index in [9.17, 15) is 0 Å². The van der Waals surface area contributed by atoms with Gasteiger partial charge < -0.3 is 19.5 Å². The van der Waals surface area contributed by atoms with Crippen LogP contribution in [-0.4, -0.2) is 49.5 Å². The Kier molecular flexibility index (Phi) is 3.98. The van der Waals surface area contributed by atoms with Crippen molar-refractivity contribution in [1.82, 2.24) is 9.97 Å². The highest BCUT2D eigenvalue weighted by molar-refractivity contribution is 5.31. The smallest absolute Gasteiger partial charge is 0.226 e. The molecule has 18 heavy (non-hydrogen) atoms. The molecule has 0 bridgehead atoms. The molecule has 6 heteroatoms. The van der Waals surface area contributed by atoms with E-state index in [1.54, 1.807) is 20.3 Å². The molecule has 0 aromatic carbocycles. The summed E-state index contributed by atoms with van der Waals surface area (Å²) >= 11 is 0. The number of hydrogen-bond acceptors (Lipinski definition) is 6. The van der Waals surface area contributed by atoms with Crippen molar-refractivity contribution in [2.24, 2.45) is 0 Å². The molecule has 1 fully saturated rings. The third-order valence-electron chi connectivity index (χ3n) is 3.11. The lowest BCUT2D eigenvalue weighted by Crippen LogP contribution is -2.39. The van der Waals surface area contributed by atoms with Gasteiger partial charge in [-0.3, -0.25) is 0 Å². The number of methoxy groups -OCH3 is 2. The fraction of sp³-hybridized carbons (Fsp3) is 0.667. The third-order valence-corrected chi connectivity index (χ3v) is 3.11. The second-order valence-corrected chi connectivity index (χ2v) is 4.42. The van der Waals surface area contributed by atoms with Crippen LogP contribution in [0.25, 0.3) is 0 Å². The van der Waals surface area contributed by atoms with Gasteiger partial charge in [-0.25, -0.2) is 4.98 Å². The van der Waals surface area contributed by atoms with Crippen LogP contribution in [0, 0.1) is 6.92 Å². The number of anilines is 1. The Bertz CT molecular complexity index is 406. The largest absolute Gasteiger partial charge is 0.481 e. The fourth-order valence-corrected chi connectivity index (χ4v) is 1.92. The van der Waals surface area contributed by atoms with Crippen LogP contribution in [0.2, 0.25) is 0 Å². The van der Waals surface area contributed by atoms with Crippen LogP contribution in [0.5, 0.6) is 5.88 Å². The minimum Gasteiger partial charge on any atom is -0.481 e. The summed E-state index contributed by atoms with van der Waals surface area (Å²) in [6, 6.07) is 1.79. The SMILES string of the molecule is COc1cc(C)nc(NCC2(OC)CCOC2)n1. The number of aromatic nitrogens is 2. The second-order valence-electron chi connectivity index (χ2n) is 4.42. The summed E-state index contributed by atoms with van der Waals surface area (Å²) in [7, 11) is 3.29. The highest BCUT2D eigenvalue weighted by atomic mass is 16.5. The minimum atomic E-state index is -0.277. The molecule has 0 saturated carbocycles. The lowest BCUT2D eigenvalue weighted by molar-refractivity contribution is -0.00632. The first-order valence-corrected chi connectivity index (χ1v) is 5.94. The van der Waals surface area contributed by atoms with Gasteiger partial charge in [-0.05, 0) is 6.92 Å². The Balaban J connectivity index is 2.03. The van der Waals surface area contributed by atoms with E-state index >= 15 is 0 Å². The normalized spacial score (nSPS) is 23.1. The van der Waals surface area contributed by atoms with E-state index in [-0.39, 0.29) is 5.60 Å². The molecule has 1 saturated heterocycles. The second kappa shape index (κ2) is 5.49. The molecular weight excluding hydrogens is 234 g/mol. The van der Waals surface area contributed by atoms with Gasteiger partial charge in [0.1, 0.15) is 5.60 Å². The maximum absolute atomic E-state index is 5.53. The van der Waals surface area contributed by atoms with Crippen LogP contribution >= 0.6 is 0 Å². The molecule has 0 aliphatic carbocycles. The lowest BCUT2D eigenvalue weighted by Gasteiger charge is -2.25. The van der Waals surface area contributed by atoms with Crippen LogP contribution < -0.4 is 10.1 Å². The summed E-state index contributed by atoms with van der Waals surface area (Å²) in [6.45, 7) is 3.85. The summed E-state index contributed by atoms with van der Waals surface area (Å²) in [6.07, 6.45) is 0.874. The Morgan fingerprint density at radius 3 is 2.89 bits per heavy atom. The number of rotatable bonds is 5. The predicted octanol–water partition coefficient (Wildman–Crippen LogP) is 1.01. The number of ether oxygens (including phenoxy) is 3. The minimum absolute atomic E-state index is 0.277. The summed E-state index contributed by atoms with van der Waals surface area (Å²) in [4.78, 5) is 8.55. The van der Waals surface area contributed by atoms with Crippen molar-refractivity contribution in [2.45, 2.75) is 18.9 Å². The molecule has 1 aromatic rings. The van der Waals surface area contributed by atoms with E-state index in [2.05, 4.69) is 15.3 Å². The third kappa shape index (κ3) is 2.88. The molecule has 2 heterocycles. The Hall–Kier alpha value is -1.40. The summed E-state index contributed by atoms with van der Waals surface area (Å²) in [5.41, 5.74) is 0.582. The summed E-state index contributed by atoms with van der Waals surface area (Å²) in [5, 5.41) is 3.19. The van der Waals surface area contributed by atoms with Gasteiger partial charge in [-0.2, -0.15) is 4.98 Å². The van der Waals surface area contributed by atoms with Gasteiger partial charge in [-0.15, -0.1) is 0 Å². The van der Waals surface area contributed by atoms with Gasteiger partial charge in [0, 0.05) is 38.4 Å². The van der Waals surface area contributed by atoms with Crippen LogP contribution in [-0.2, 0) is 9.47 Å². The Labute approximate surface area is 107 Å². The van der Waals surface area contributed by atoms with Crippen molar-refractivity contribution >= 4 is 5.95 Å². The van der Waals surface area contributed by atoms with Gasteiger partial charge in [0.05, 0.1) is 13.7 Å². The molecule has 1 N–H and O–H groups in total. The van der Waals surface area contributed by atoms with Gasteiger partial charge >= 0.3 is 0 Å². The first-order chi connectivity index (χ1) is 8.67. The van der Waals surface area contributed by atoms with Crippen LogP contribution in [0.1, 0.15) is 12.1 Å². The van der Waals surface area contributed by atoms with Crippen molar-refractivity contribution in [2.75, 3.05) is 39.3 Å². The van der Waals surface area contributed by atoms with Crippen molar-refractivity contribution in [3.05, 3.63) is 11.8 Å². The average molecular weight is 253 g/mol. The van der Waals surface area contributed by atoms with Crippen molar-refractivity contribution < 1.29 is 14.2 Å². The standard InChI is InChI=1S/C12H19N3O3/c1-9-6-10(16-2)15-11(14-9)13-7-12(17-3)4-5-18-8-12/h6H,4-5,7-8H2,1-3H3,(H,13,14,15). The van der Waals surface area contributed by atoms with Gasteiger partial charge in [-0.1, -0.05) is 0 Å². The number of nitrogens with zero attached hydrogens (tertiary/aromatic N) is 2. The van der Waals surface area contributed by atoms with Crippen LogP contribution in [0.3, 0.4) is 0 Å². The molecular formula is C12H19N3O3. The molecule has 100 valence electrons. The topological polar surface area (TPSA) is 65.5 Å². The molecule has 0 spiro atoms. The first kappa shape index (κ1) is 13.0. The first-order valence-electron chi connectivity index (χ1n) is 5.94. The average Bonchev–Trinajstić information content (AvgIpc) is 2.85. The lowest BCUT2D eigenvalue weighted by atomic mass is 10.0. The molecule has 1 aliphatic heterocycles. The number of nitrogens with one attached hydrogen (secondary N) is 1. The number of aryl methyl sites for hydroxylation is 1. The summed E-state index contributed by atoms with van der Waals surface area (Å²) < 4.78 is 16.0. The predicted molar refractivity (Wildman–Crippen MR) is 67.0 cm³/mol. The highest BCUT2D eigenvalue weighted by Crippen LogP contribution is 2.23. The van der Waals surface area contributed by atoms with Gasteiger partial charge in [0.25, 0.3) is 0 Å². The molecule has 1 atom stereocenters. The molecule has 0 radical (unpaired) electrons. The zero-order chi connectivity index (χ0) is 13.0. The van der Waals surface area contributed by atoms with Crippen molar-refractivity contribution in [3.63, 3.8) is 0 Å². The van der Waals surface area contributed by atoms with Gasteiger partial charge in [0.15, 0.2) is 0 Å². The number of hydrogen-bond donors (Lipinski definition) is 1. The van der Waals surface area contributed by atoms with E-state index in [0.29, 0.717) is 25.0 Å². The molecule has 1 unspecified atom stereocenters. The van der Waals surface area contributed by atoms with E-state index in [4.69, 9.17) is 14.2 Å². The zero-order valence-electron chi connectivity index (χ0n) is 11.0. The Morgan fingerprint density at radius 2 is 2.28 bits per heavy atom. The molecule has 1 aliphatic rings. The maximum atomic E-state index is 5.53. The fourth-order valence-electron chi connectivity index (χ4n) is 1.92. The molecule has 0 amide bonds. The zero-order valence-corrected chi connectivity index (χ0v) is 11.0. The van der Waals surface area contributed by atoms with E-state index < -0.39 is 0 Å². The van der Waals surface area contributed by atoms with Crippen LogP contribution in [0.15, 0.2) is 6.07 Å². The van der Waals surface area contributed by atoms with Gasteiger partial charge in [0.2, 0.25) is 11.8 Å². The molecule has 2 rings (SSSR count). The maximum Gasteiger partial charge on any atom is 0.226 e. The monoisotopic (exact) mass is 253 g/mol.